The van der Waals surface area contributed by atoms with Crippen molar-refractivity contribution < 1.29 is 4.21 Å². The van der Waals surface area contributed by atoms with Crippen molar-refractivity contribution in [2.75, 3.05) is 13.3 Å². The van der Waals surface area contributed by atoms with Gasteiger partial charge >= 0.3 is 0 Å². The van der Waals surface area contributed by atoms with E-state index in [1.807, 2.05) is 7.05 Å². The summed E-state index contributed by atoms with van der Waals surface area (Å²) >= 11 is 0. The Hall–Kier alpha value is 0.110. The second-order valence-electron chi connectivity index (χ2n) is 3.13. The first-order valence-electron chi connectivity index (χ1n) is 4.66. The molecule has 3 heteroatoms. The SMILES string of the molecule is CCCC(NC)C(CC)S(C)=O. The minimum Gasteiger partial charge on any atom is -0.316 e. The molecule has 0 aromatic heterocycles. The van der Waals surface area contributed by atoms with E-state index in [0.717, 1.165) is 19.3 Å². The van der Waals surface area contributed by atoms with Gasteiger partial charge in [-0.2, -0.15) is 0 Å². The maximum atomic E-state index is 11.3. The largest absolute Gasteiger partial charge is 0.316 e. The summed E-state index contributed by atoms with van der Waals surface area (Å²) in [5.74, 6) is 0. The third-order valence-electron chi connectivity index (χ3n) is 2.25. The highest BCUT2D eigenvalue weighted by molar-refractivity contribution is 7.84. The van der Waals surface area contributed by atoms with Crippen LogP contribution in [-0.2, 0) is 10.8 Å². The average Bonchev–Trinajstić information content (AvgIpc) is 2.03. The minimum absolute atomic E-state index is 0.315. The van der Waals surface area contributed by atoms with Crippen LogP contribution in [0.4, 0.5) is 0 Å². The van der Waals surface area contributed by atoms with Crippen LogP contribution in [-0.4, -0.2) is 28.8 Å². The normalized spacial score (nSPS) is 18.7. The molecule has 0 aromatic carbocycles. The topological polar surface area (TPSA) is 29.1 Å². The van der Waals surface area contributed by atoms with Gasteiger partial charge in [0.2, 0.25) is 0 Å². The molecule has 0 aliphatic heterocycles. The van der Waals surface area contributed by atoms with Gasteiger partial charge < -0.3 is 5.32 Å². The molecule has 0 saturated heterocycles. The van der Waals surface area contributed by atoms with Crippen LogP contribution >= 0.6 is 0 Å². The van der Waals surface area contributed by atoms with E-state index in [4.69, 9.17) is 0 Å². The van der Waals surface area contributed by atoms with Crippen LogP contribution in [0.2, 0.25) is 0 Å². The third kappa shape index (κ3) is 3.68. The summed E-state index contributed by atoms with van der Waals surface area (Å²) in [6.45, 7) is 4.27. The van der Waals surface area contributed by atoms with E-state index >= 15 is 0 Å². The lowest BCUT2D eigenvalue weighted by atomic mass is 10.1. The first kappa shape index (κ1) is 12.1. The summed E-state index contributed by atoms with van der Waals surface area (Å²) in [5.41, 5.74) is 0. The van der Waals surface area contributed by atoms with E-state index < -0.39 is 10.8 Å². The van der Waals surface area contributed by atoms with Crippen molar-refractivity contribution in [3.8, 4) is 0 Å². The standard InChI is InChI=1S/C9H21NOS/c1-5-7-8(10-3)9(6-2)12(4)11/h8-10H,5-7H2,1-4H3. The summed E-state index contributed by atoms with van der Waals surface area (Å²) in [6, 6.07) is 0.422. The van der Waals surface area contributed by atoms with Crippen LogP contribution in [0.15, 0.2) is 0 Å². The zero-order valence-electron chi connectivity index (χ0n) is 8.59. The van der Waals surface area contributed by atoms with Gasteiger partial charge in [0.1, 0.15) is 0 Å². The van der Waals surface area contributed by atoms with Gasteiger partial charge in [-0.25, -0.2) is 0 Å². The maximum Gasteiger partial charge on any atom is 0.0495 e. The lowest BCUT2D eigenvalue weighted by molar-refractivity contribution is 0.482. The summed E-state index contributed by atoms with van der Waals surface area (Å²) in [4.78, 5) is 0. The third-order valence-corrected chi connectivity index (χ3v) is 3.76. The molecule has 0 rings (SSSR count). The van der Waals surface area contributed by atoms with E-state index in [1.54, 1.807) is 6.26 Å². The van der Waals surface area contributed by atoms with Crippen LogP contribution in [0.5, 0.6) is 0 Å². The number of hydrogen-bond acceptors (Lipinski definition) is 2. The predicted octanol–water partition coefficient (Wildman–Crippen LogP) is 1.53. The molecule has 0 fully saturated rings. The second kappa shape index (κ2) is 6.61. The lowest BCUT2D eigenvalue weighted by Gasteiger charge is -2.23. The van der Waals surface area contributed by atoms with Gasteiger partial charge in [-0.15, -0.1) is 0 Å². The maximum absolute atomic E-state index is 11.3. The smallest absolute Gasteiger partial charge is 0.0495 e. The van der Waals surface area contributed by atoms with E-state index in [2.05, 4.69) is 19.2 Å². The molecule has 12 heavy (non-hydrogen) atoms. The van der Waals surface area contributed by atoms with Gasteiger partial charge in [0, 0.05) is 28.3 Å². The Morgan fingerprint density at radius 2 is 2.00 bits per heavy atom. The van der Waals surface area contributed by atoms with Crippen molar-refractivity contribution in [2.45, 2.75) is 44.4 Å². The predicted molar refractivity (Wildman–Crippen MR) is 55.9 cm³/mol. The molecule has 0 heterocycles. The highest BCUT2D eigenvalue weighted by Gasteiger charge is 2.20. The van der Waals surface area contributed by atoms with E-state index in [9.17, 15) is 4.21 Å². The number of rotatable bonds is 6. The zero-order chi connectivity index (χ0) is 9.56. The van der Waals surface area contributed by atoms with Gasteiger partial charge in [0.25, 0.3) is 0 Å². The van der Waals surface area contributed by atoms with Crippen LogP contribution in [0.25, 0.3) is 0 Å². The fourth-order valence-electron chi connectivity index (χ4n) is 1.58. The molecular formula is C9H21NOS. The van der Waals surface area contributed by atoms with Gasteiger partial charge in [-0.3, -0.25) is 4.21 Å². The van der Waals surface area contributed by atoms with Crippen molar-refractivity contribution in [1.82, 2.24) is 5.32 Å². The number of nitrogens with one attached hydrogen (secondary N) is 1. The molecule has 0 amide bonds. The Kier molecular flexibility index (Phi) is 6.67. The number of hydrogen-bond donors (Lipinski definition) is 1. The molecule has 0 saturated carbocycles. The van der Waals surface area contributed by atoms with Crippen molar-refractivity contribution >= 4 is 10.8 Å². The molecule has 3 unspecified atom stereocenters. The highest BCUT2D eigenvalue weighted by atomic mass is 32.2. The summed E-state index contributed by atoms with van der Waals surface area (Å²) < 4.78 is 11.3. The molecule has 0 bridgehead atoms. The molecule has 0 spiro atoms. The first-order chi connectivity index (χ1) is 5.67. The van der Waals surface area contributed by atoms with E-state index in [1.165, 1.54) is 0 Å². The molecule has 0 aliphatic carbocycles. The average molecular weight is 191 g/mol. The fraction of sp³-hybridized carbons (Fsp3) is 1.00. The van der Waals surface area contributed by atoms with E-state index in [-0.39, 0.29) is 0 Å². The summed E-state index contributed by atoms with van der Waals surface area (Å²) in [6.07, 6.45) is 5.07. The second-order valence-corrected chi connectivity index (χ2v) is 4.73. The van der Waals surface area contributed by atoms with Crippen molar-refractivity contribution in [3.63, 3.8) is 0 Å². The van der Waals surface area contributed by atoms with Gasteiger partial charge in [-0.05, 0) is 19.9 Å². The Morgan fingerprint density at radius 1 is 1.42 bits per heavy atom. The Bertz CT molecular complexity index is 138. The fourth-order valence-corrected chi connectivity index (χ4v) is 2.78. The van der Waals surface area contributed by atoms with Gasteiger partial charge in [-0.1, -0.05) is 20.3 Å². The zero-order valence-corrected chi connectivity index (χ0v) is 9.41. The van der Waals surface area contributed by atoms with Crippen molar-refractivity contribution in [3.05, 3.63) is 0 Å². The molecule has 0 aromatic rings. The Balaban J connectivity index is 4.12. The Labute approximate surface area is 78.6 Å². The molecule has 0 aliphatic rings. The van der Waals surface area contributed by atoms with Crippen LogP contribution in [0.1, 0.15) is 33.1 Å². The van der Waals surface area contributed by atoms with Crippen molar-refractivity contribution in [1.29, 1.82) is 0 Å². The molecule has 2 nitrogen and oxygen atoms in total. The lowest BCUT2D eigenvalue weighted by Crippen LogP contribution is -2.39. The van der Waals surface area contributed by atoms with Crippen LogP contribution in [0.3, 0.4) is 0 Å². The molecule has 1 N–H and O–H groups in total. The minimum atomic E-state index is -0.697. The quantitative estimate of drug-likeness (QED) is 0.690. The van der Waals surface area contributed by atoms with E-state index in [0.29, 0.717) is 11.3 Å². The summed E-state index contributed by atoms with van der Waals surface area (Å²) in [5, 5.41) is 3.56. The van der Waals surface area contributed by atoms with Crippen LogP contribution < -0.4 is 5.32 Å². The monoisotopic (exact) mass is 191 g/mol. The van der Waals surface area contributed by atoms with Gasteiger partial charge in [0.15, 0.2) is 0 Å². The summed E-state index contributed by atoms with van der Waals surface area (Å²) in [7, 11) is 1.26. The van der Waals surface area contributed by atoms with Crippen molar-refractivity contribution in [2.24, 2.45) is 0 Å². The van der Waals surface area contributed by atoms with Gasteiger partial charge in [0.05, 0.1) is 0 Å². The Morgan fingerprint density at radius 3 is 2.25 bits per heavy atom. The molecular weight excluding hydrogens is 170 g/mol. The molecule has 74 valence electrons. The first-order valence-corrected chi connectivity index (χ1v) is 6.28. The highest BCUT2D eigenvalue weighted by Crippen LogP contribution is 2.10. The molecule has 0 radical (unpaired) electrons. The molecule has 3 atom stereocenters. The van der Waals surface area contributed by atoms with Crippen LogP contribution in [0, 0.1) is 0 Å².